The Morgan fingerprint density at radius 3 is 2.26 bits per heavy atom. The van der Waals surface area contributed by atoms with E-state index in [9.17, 15) is 10.0 Å². The summed E-state index contributed by atoms with van der Waals surface area (Å²) in [6.07, 6.45) is 0. The predicted octanol–water partition coefficient (Wildman–Crippen LogP) is 5.94. The first-order valence-corrected chi connectivity index (χ1v) is 10.2. The molecule has 5 heteroatoms. The molecular formula is C26H26N3O2+. The molecule has 0 aliphatic carbocycles. The minimum Gasteiger partial charge on any atom is -0.502 e. The van der Waals surface area contributed by atoms with Crippen LogP contribution in [0, 0.1) is 11.8 Å². The lowest BCUT2D eigenvalue weighted by molar-refractivity contribution is -0.428. The molecular weight excluding hydrogens is 386 g/mol. The van der Waals surface area contributed by atoms with Crippen LogP contribution in [0.4, 0.5) is 11.4 Å². The zero-order chi connectivity index (χ0) is 22.0. The van der Waals surface area contributed by atoms with Crippen molar-refractivity contribution < 1.29 is 9.98 Å². The Labute approximate surface area is 182 Å². The maximum Gasteiger partial charge on any atom is 0.334 e. The van der Waals surface area contributed by atoms with E-state index in [0.29, 0.717) is 16.1 Å². The Morgan fingerprint density at radius 2 is 1.55 bits per heavy atom. The number of rotatable bonds is 6. The third-order valence-corrected chi connectivity index (χ3v) is 5.53. The Hall–Kier alpha value is -3.70. The molecule has 0 saturated carbocycles. The van der Waals surface area contributed by atoms with E-state index in [1.807, 2.05) is 105 Å². The molecule has 0 aliphatic rings. The van der Waals surface area contributed by atoms with Crippen molar-refractivity contribution in [1.82, 2.24) is 4.90 Å². The zero-order valence-corrected chi connectivity index (χ0v) is 17.9. The largest absolute Gasteiger partial charge is 0.502 e. The lowest BCUT2D eigenvalue weighted by Gasteiger charge is -2.27. The van der Waals surface area contributed by atoms with Gasteiger partial charge in [-0.1, -0.05) is 72.8 Å². The van der Waals surface area contributed by atoms with E-state index < -0.39 is 0 Å². The summed E-state index contributed by atoms with van der Waals surface area (Å²) < 4.78 is 0. The number of phenolic OH excluding ortho intramolecular Hbond substituents is 1. The number of aromatic hydroxyl groups is 1. The number of para-hydroxylation sites is 1. The van der Waals surface area contributed by atoms with Crippen LogP contribution in [-0.4, -0.2) is 29.0 Å². The Kier molecular flexibility index (Phi) is 5.69. The normalized spacial score (nSPS) is 12.1. The SMILES string of the molecule is Cc1ccccc1N[N+](=O)c1cc2ccccc2c(C(c2ccccc2)N(C)C)c1O. The molecule has 0 bridgehead atoms. The maximum absolute atomic E-state index is 13.1. The van der Waals surface area contributed by atoms with E-state index in [1.54, 1.807) is 6.07 Å². The molecule has 4 aromatic rings. The van der Waals surface area contributed by atoms with Gasteiger partial charge in [0.25, 0.3) is 0 Å². The number of hydrazine groups is 1. The van der Waals surface area contributed by atoms with Gasteiger partial charge in [-0.15, -0.1) is 5.43 Å². The number of anilines is 1. The van der Waals surface area contributed by atoms with E-state index in [0.717, 1.165) is 21.9 Å². The van der Waals surface area contributed by atoms with Gasteiger partial charge in [0.05, 0.1) is 10.9 Å². The van der Waals surface area contributed by atoms with Crippen molar-refractivity contribution in [2.45, 2.75) is 13.0 Å². The molecule has 0 heterocycles. The smallest absolute Gasteiger partial charge is 0.334 e. The highest BCUT2D eigenvalue weighted by Gasteiger charge is 2.31. The predicted molar refractivity (Wildman–Crippen MR) is 126 cm³/mol. The number of nitroso groups, excluding NO2 is 1. The summed E-state index contributed by atoms with van der Waals surface area (Å²) in [6, 6.07) is 26.9. The first-order valence-electron chi connectivity index (χ1n) is 10.2. The van der Waals surface area contributed by atoms with E-state index in [-0.39, 0.29) is 17.5 Å². The summed E-state index contributed by atoms with van der Waals surface area (Å²) in [5.41, 5.74) is 6.43. The van der Waals surface area contributed by atoms with Crippen molar-refractivity contribution in [3.8, 4) is 5.75 Å². The second-order valence-corrected chi connectivity index (χ2v) is 7.88. The lowest BCUT2D eigenvalue weighted by Crippen LogP contribution is -2.22. The molecule has 0 fully saturated rings. The fourth-order valence-corrected chi connectivity index (χ4v) is 4.01. The molecule has 0 amide bonds. The Morgan fingerprint density at radius 1 is 0.903 bits per heavy atom. The summed E-state index contributed by atoms with van der Waals surface area (Å²) in [7, 11) is 3.94. The lowest BCUT2D eigenvalue weighted by atomic mass is 9.91. The minimum atomic E-state index is -0.224. The van der Waals surface area contributed by atoms with Crippen molar-refractivity contribution in [3.05, 3.63) is 107 Å². The van der Waals surface area contributed by atoms with Crippen LogP contribution in [-0.2, 0) is 0 Å². The molecule has 0 aromatic heterocycles. The number of hydrogen-bond donors (Lipinski definition) is 2. The van der Waals surface area contributed by atoms with Gasteiger partial charge in [0, 0.05) is 11.6 Å². The highest BCUT2D eigenvalue weighted by atomic mass is 16.3. The molecule has 156 valence electrons. The number of hydrogen-bond acceptors (Lipinski definition) is 3. The van der Waals surface area contributed by atoms with Crippen LogP contribution in [0.25, 0.3) is 10.8 Å². The fourth-order valence-electron chi connectivity index (χ4n) is 4.01. The summed E-state index contributed by atoms with van der Waals surface area (Å²) in [5, 5.41) is 13.2. The van der Waals surface area contributed by atoms with Crippen molar-refractivity contribution in [3.63, 3.8) is 0 Å². The summed E-state index contributed by atoms with van der Waals surface area (Å²) in [5.74, 6) is -0.0302. The summed E-state index contributed by atoms with van der Waals surface area (Å²) in [6.45, 7) is 1.93. The number of fused-ring (bicyclic) bond motifs is 1. The molecule has 0 radical (unpaired) electrons. The summed E-state index contributed by atoms with van der Waals surface area (Å²) in [4.78, 5) is 15.8. The zero-order valence-electron chi connectivity index (χ0n) is 17.9. The third kappa shape index (κ3) is 4.00. The standard InChI is InChI=1S/C26H25N3O2/c1-18-11-7-10-16-22(18)27-29(31)23-17-20-14-8-9-15-21(20)24(26(23)30)25(28(2)3)19-12-5-4-6-13-19/h4-17,25H,1-3H3,(H-,27,30,31)/p+1. The Balaban J connectivity index is 1.90. The number of benzene rings is 4. The molecule has 0 spiro atoms. The van der Waals surface area contributed by atoms with Gasteiger partial charge < -0.3 is 5.11 Å². The van der Waals surface area contributed by atoms with E-state index in [4.69, 9.17) is 0 Å². The van der Waals surface area contributed by atoms with Crippen LogP contribution < -0.4 is 5.43 Å². The highest BCUT2D eigenvalue weighted by Crippen LogP contribution is 2.43. The van der Waals surface area contributed by atoms with Crippen LogP contribution in [0.3, 0.4) is 0 Å². The first kappa shape index (κ1) is 20.6. The van der Waals surface area contributed by atoms with Crippen molar-refractivity contribution in [2.75, 3.05) is 19.5 Å². The molecule has 0 aliphatic heterocycles. The molecule has 4 aromatic carbocycles. The van der Waals surface area contributed by atoms with E-state index in [2.05, 4.69) is 5.43 Å². The summed E-state index contributed by atoms with van der Waals surface area (Å²) >= 11 is 0. The molecule has 1 unspecified atom stereocenters. The quantitative estimate of drug-likeness (QED) is 0.304. The average Bonchev–Trinajstić information content (AvgIpc) is 2.77. The molecule has 0 saturated heterocycles. The monoisotopic (exact) mass is 412 g/mol. The van der Waals surface area contributed by atoms with Gasteiger partial charge in [0.15, 0.2) is 4.87 Å². The van der Waals surface area contributed by atoms with Crippen LogP contribution in [0.5, 0.6) is 5.75 Å². The van der Waals surface area contributed by atoms with Crippen molar-refractivity contribution in [2.24, 2.45) is 0 Å². The van der Waals surface area contributed by atoms with E-state index >= 15 is 0 Å². The fraction of sp³-hybridized carbons (Fsp3) is 0.154. The highest BCUT2D eigenvalue weighted by molar-refractivity contribution is 5.92. The Bertz CT molecular complexity index is 1240. The second-order valence-electron chi connectivity index (χ2n) is 7.88. The third-order valence-electron chi connectivity index (χ3n) is 5.53. The van der Waals surface area contributed by atoms with E-state index in [1.165, 1.54) is 0 Å². The molecule has 31 heavy (non-hydrogen) atoms. The number of nitrogens with one attached hydrogen (secondary N) is 1. The van der Waals surface area contributed by atoms with Gasteiger partial charge >= 0.3 is 5.69 Å². The number of phenols is 1. The van der Waals surface area contributed by atoms with Crippen LogP contribution >= 0.6 is 0 Å². The van der Waals surface area contributed by atoms with Gasteiger partial charge in [-0.25, -0.2) is 0 Å². The number of nitrogens with zero attached hydrogens (tertiary/aromatic N) is 2. The second kappa shape index (κ2) is 8.58. The van der Waals surface area contributed by atoms with Gasteiger partial charge in [0.1, 0.15) is 5.69 Å². The minimum absolute atomic E-state index is 0.0302. The van der Waals surface area contributed by atoms with Crippen LogP contribution in [0.15, 0.2) is 84.9 Å². The van der Waals surface area contributed by atoms with Gasteiger partial charge in [-0.3, -0.25) is 4.90 Å². The van der Waals surface area contributed by atoms with Gasteiger partial charge in [-0.05, 0) is 49.0 Å². The number of aryl methyl sites for hydroxylation is 1. The van der Waals surface area contributed by atoms with Crippen LogP contribution in [0.1, 0.15) is 22.7 Å². The maximum atomic E-state index is 13.1. The van der Waals surface area contributed by atoms with Crippen LogP contribution in [0.2, 0.25) is 0 Å². The van der Waals surface area contributed by atoms with Crippen molar-refractivity contribution in [1.29, 1.82) is 0 Å². The molecule has 5 nitrogen and oxygen atoms in total. The van der Waals surface area contributed by atoms with Gasteiger partial charge in [-0.2, -0.15) is 0 Å². The molecule has 1 atom stereocenters. The molecule has 2 N–H and O–H groups in total. The first-order chi connectivity index (χ1) is 15.0. The average molecular weight is 413 g/mol. The topological polar surface area (TPSA) is 55.6 Å². The van der Waals surface area contributed by atoms with Crippen molar-refractivity contribution >= 4 is 22.1 Å². The molecule has 4 rings (SSSR count). The van der Waals surface area contributed by atoms with Gasteiger partial charge in [0.2, 0.25) is 5.75 Å².